The second-order valence-corrected chi connectivity index (χ2v) is 7.68. The van der Waals surface area contributed by atoms with Gasteiger partial charge in [-0.3, -0.25) is 9.69 Å². The topological polar surface area (TPSA) is 45.5 Å². The van der Waals surface area contributed by atoms with Gasteiger partial charge in [-0.05, 0) is 56.0 Å². The smallest absolute Gasteiger partial charge is 0.287 e. The maximum atomic E-state index is 12.4. The van der Waals surface area contributed by atoms with Gasteiger partial charge in [0.25, 0.3) is 5.91 Å². The molecule has 2 aromatic carbocycles. The minimum Gasteiger partial charge on any atom is -0.455 e. The van der Waals surface area contributed by atoms with Crippen LogP contribution in [-0.2, 0) is 19.5 Å². The number of hydrogen-bond donors (Lipinski definition) is 1. The lowest BCUT2D eigenvalue weighted by Gasteiger charge is -2.26. The standard InChI is InChI=1S/C25H30N2O2/c1-19(2)27(17-22-12-8-7-9-20(22)3)18-23-13-14-24(29-23)25(28)26-16-15-21-10-5-4-6-11-21/h4-14,19H,15-18H2,1-3H3,(H,26,28). The van der Waals surface area contributed by atoms with Crippen molar-refractivity contribution >= 4 is 5.91 Å². The van der Waals surface area contributed by atoms with E-state index in [4.69, 9.17) is 4.42 Å². The molecule has 4 heteroatoms. The quantitative estimate of drug-likeness (QED) is 0.561. The molecule has 1 heterocycles. The number of benzene rings is 2. The van der Waals surface area contributed by atoms with Gasteiger partial charge in [0.15, 0.2) is 5.76 Å². The van der Waals surface area contributed by atoms with E-state index >= 15 is 0 Å². The summed E-state index contributed by atoms with van der Waals surface area (Å²) in [6.45, 7) is 8.60. The fourth-order valence-corrected chi connectivity index (χ4v) is 3.26. The molecule has 0 saturated heterocycles. The molecule has 29 heavy (non-hydrogen) atoms. The Morgan fingerprint density at radius 2 is 1.69 bits per heavy atom. The third-order valence-corrected chi connectivity index (χ3v) is 5.15. The van der Waals surface area contributed by atoms with Crippen LogP contribution in [0.5, 0.6) is 0 Å². The molecule has 3 aromatic rings. The zero-order chi connectivity index (χ0) is 20.6. The molecular weight excluding hydrogens is 360 g/mol. The normalized spacial score (nSPS) is 11.2. The molecule has 0 fully saturated rings. The molecule has 4 nitrogen and oxygen atoms in total. The maximum absolute atomic E-state index is 12.4. The van der Waals surface area contributed by atoms with Crippen LogP contribution in [0, 0.1) is 6.92 Å². The second kappa shape index (κ2) is 10.1. The molecule has 1 amide bonds. The van der Waals surface area contributed by atoms with Crippen LogP contribution >= 0.6 is 0 Å². The van der Waals surface area contributed by atoms with Crippen molar-refractivity contribution in [2.45, 2.75) is 46.3 Å². The van der Waals surface area contributed by atoms with Crippen molar-refractivity contribution in [1.82, 2.24) is 10.2 Å². The molecule has 0 aliphatic heterocycles. The maximum Gasteiger partial charge on any atom is 0.287 e. The molecule has 0 aliphatic rings. The summed E-state index contributed by atoms with van der Waals surface area (Å²) in [7, 11) is 0. The summed E-state index contributed by atoms with van der Waals surface area (Å²) in [4.78, 5) is 14.7. The van der Waals surface area contributed by atoms with Crippen molar-refractivity contribution in [2.75, 3.05) is 6.54 Å². The first-order valence-corrected chi connectivity index (χ1v) is 10.2. The van der Waals surface area contributed by atoms with E-state index < -0.39 is 0 Å². The average Bonchev–Trinajstić information content (AvgIpc) is 3.18. The Morgan fingerprint density at radius 1 is 0.966 bits per heavy atom. The lowest BCUT2D eigenvalue weighted by atomic mass is 10.1. The first kappa shape index (κ1) is 20.9. The van der Waals surface area contributed by atoms with E-state index in [-0.39, 0.29) is 5.91 Å². The highest BCUT2D eigenvalue weighted by Crippen LogP contribution is 2.17. The number of nitrogens with one attached hydrogen (secondary N) is 1. The number of aryl methyl sites for hydroxylation is 1. The zero-order valence-corrected chi connectivity index (χ0v) is 17.5. The second-order valence-electron chi connectivity index (χ2n) is 7.68. The monoisotopic (exact) mass is 390 g/mol. The van der Waals surface area contributed by atoms with Gasteiger partial charge < -0.3 is 9.73 Å². The van der Waals surface area contributed by atoms with Gasteiger partial charge in [-0.15, -0.1) is 0 Å². The minimum atomic E-state index is -0.165. The number of furan rings is 1. The van der Waals surface area contributed by atoms with Crippen LogP contribution in [-0.4, -0.2) is 23.4 Å². The Kier molecular flexibility index (Phi) is 7.25. The highest BCUT2D eigenvalue weighted by Gasteiger charge is 2.16. The molecule has 3 rings (SSSR count). The van der Waals surface area contributed by atoms with Crippen LogP contribution in [0.15, 0.2) is 71.1 Å². The van der Waals surface area contributed by atoms with E-state index in [2.05, 4.69) is 67.4 Å². The number of nitrogens with zero attached hydrogens (tertiary/aromatic N) is 1. The SMILES string of the molecule is Cc1ccccc1CN(Cc1ccc(C(=O)NCCc2ccccc2)o1)C(C)C. The van der Waals surface area contributed by atoms with Crippen LogP contribution < -0.4 is 5.32 Å². The summed E-state index contributed by atoms with van der Waals surface area (Å²) in [6, 6.07) is 22.6. The van der Waals surface area contributed by atoms with Crippen molar-refractivity contribution in [3.05, 3.63) is 94.9 Å². The number of carbonyl (C=O) groups is 1. The molecule has 0 aliphatic carbocycles. The van der Waals surface area contributed by atoms with Crippen molar-refractivity contribution in [3.8, 4) is 0 Å². The summed E-state index contributed by atoms with van der Waals surface area (Å²) >= 11 is 0. The molecule has 1 aromatic heterocycles. The summed E-state index contributed by atoms with van der Waals surface area (Å²) in [6.07, 6.45) is 0.803. The lowest BCUT2D eigenvalue weighted by molar-refractivity contribution is 0.0921. The minimum absolute atomic E-state index is 0.165. The fraction of sp³-hybridized carbons (Fsp3) is 0.320. The number of carbonyl (C=O) groups excluding carboxylic acids is 1. The van der Waals surface area contributed by atoms with E-state index in [1.54, 1.807) is 6.07 Å². The Hall–Kier alpha value is -2.85. The first-order chi connectivity index (χ1) is 14.0. The zero-order valence-electron chi connectivity index (χ0n) is 17.5. The van der Waals surface area contributed by atoms with Gasteiger partial charge in [-0.2, -0.15) is 0 Å². The Morgan fingerprint density at radius 3 is 2.41 bits per heavy atom. The number of hydrogen-bond acceptors (Lipinski definition) is 3. The highest BCUT2D eigenvalue weighted by molar-refractivity contribution is 5.91. The summed E-state index contributed by atoms with van der Waals surface area (Å²) in [5, 5.41) is 2.94. The Labute approximate surface area is 173 Å². The average molecular weight is 391 g/mol. The van der Waals surface area contributed by atoms with Crippen LogP contribution in [0.2, 0.25) is 0 Å². The van der Waals surface area contributed by atoms with E-state index in [9.17, 15) is 4.79 Å². The molecule has 1 N–H and O–H groups in total. The Bertz CT molecular complexity index is 915. The largest absolute Gasteiger partial charge is 0.455 e. The van der Waals surface area contributed by atoms with E-state index in [0.29, 0.717) is 24.9 Å². The van der Waals surface area contributed by atoms with Crippen molar-refractivity contribution in [2.24, 2.45) is 0 Å². The predicted molar refractivity (Wildman–Crippen MR) is 117 cm³/mol. The van der Waals surface area contributed by atoms with Crippen LogP contribution in [0.4, 0.5) is 0 Å². The fourth-order valence-electron chi connectivity index (χ4n) is 3.26. The van der Waals surface area contributed by atoms with Crippen LogP contribution in [0.3, 0.4) is 0 Å². The van der Waals surface area contributed by atoms with Gasteiger partial charge in [0.1, 0.15) is 5.76 Å². The Balaban J connectivity index is 1.56. The van der Waals surface area contributed by atoms with Crippen molar-refractivity contribution < 1.29 is 9.21 Å². The number of rotatable bonds is 9. The molecule has 152 valence electrons. The summed E-state index contributed by atoms with van der Waals surface area (Å²) in [5.74, 6) is 1.01. The molecule has 0 atom stereocenters. The van der Waals surface area contributed by atoms with Gasteiger partial charge in [-0.25, -0.2) is 0 Å². The summed E-state index contributed by atoms with van der Waals surface area (Å²) < 4.78 is 5.84. The van der Waals surface area contributed by atoms with Crippen molar-refractivity contribution in [3.63, 3.8) is 0 Å². The van der Waals surface area contributed by atoms with E-state index in [0.717, 1.165) is 18.7 Å². The molecule has 0 saturated carbocycles. The molecular formula is C25H30N2O2. The third kappa shape index (κ3) is 6.06. The predicted octanol–water partition coefficient (Wildman–Crippen LogP) is 4.97. The molecule has 0 spiro atoms. The molecule has 0 radical (unpaired) electrons. The van der Waals surface area contributed by atoms with E-state index in [1.165, 1.54) is 16.7 Å². The van der Waals surface area contributed by atoms with Gasteiger partial charge in [-0.1, -0.05) is 54.6 Å². The molecule has 0 bridgehead atoms. The summed E-state index contributed by atoms with van der Waals surface area (Å²) in [5.41, 5.74) is 3.81. The first-order valence-electron chi connectivity index (χ1n) is 10.2. The van der Waals surface area contributed by atoms with Gasteiger partial charge >= 0.3 is 0 Å². The number of amides is 1. The van der Waals surface area contributed by atoms with Gasteiger partial charge in [0.2, 0.25) is 0 Å². The third-order valence-electron chi connectivity index (χ3n) is 5.15. The van der Waals surface area contributed by atoms with Crippen LogP contribution in [0.1, 0.15) is 46.9 Å². The van der Waals surface area contributed by atoms with Gasteiger partial charge in [0.05, 0.1) is 6.54 Å². The molecule has 0 unspecified atom stereocenters. The van der Waals surface area contributed by atoms with Crippen molar-refractivity contribution in [1.29, 1.82) is 0 Å². The highest BCUT2D eigenvalue weighted by atomic mass is 16.4. The lowest BCUT2D eigenvalue weighted by Crippen LogP contribution is -2.30. The van der Waals surface area contributed by atoms with E-state index in [1.807, 2.05) is 24.3 Å². The van der Waals surface area contributed by atoms with Crippen LogP contribution in [0.25, 0.3) is 0 Å². The van der Waals surface area contributed by atoms with Gasteiger partial charge in [0, 0.05) is 19.1 Å².